The van der Waals surface area contributed by atoms with E-state index in [-0.39, 0.29) is 18.9 Å². The molecule has 200 valence electrons. The summed E-state index contributed by atoms with van der Waals surface area (Å²) in [7, 11) is 1.60. The summed E-state index contributed by atoms with van der Waals surface area (Å²) in [5.41, 5.74) is 15.7. The van der Waals surface area contributed by atoms with Gasteiger partial charge < -0.3 is 14.6 Å². The van der Waals surface area contributed by atoms with Gasteiger partial charge >= 0.3 is 0 Å². The molecule has 10 nitrogen and oxygen atoms in total. The average Bonchev–Trinajstić information content (AvgIpc) is 3.35. The van der Waals surface area contributed by atoms with Gasteiger partial charge in [0.05, 0.1) is 6.61 Å². The number of nitrogens with zero attached hydrogens (tertiary/aromatic N) is 4. The van der Waals surface area contributed by atoms with E-state index >= 15 is 0 Å². The van der Waals surface area contributed by atoms with Gasteiger partial charge in [-0.05, 0) is 35.4 Å². The molecule has 10 heteroatoms. The van der Waals surface area contributed by atoms with Crippen LogP contribution in [-0.2, 0) is 9.53 Å². The third-order valence-electron chi connectivity index (χ3n) is 6.18. The van der Waals surface area contributed by atoms with Gasteiger partial charge in [-0.3, -0.25) is 10.2 Å². The lowest BCUT2D eigenvalue weighted by atomic mass is 9.83. The van der Waals surface area contributed by atoms with Crippen molar-refractivity contribution in [1.82, 2.24) is 10.9 Å². The van der Waals surface area contributed by atoms with Crippen molar-refractivity contribution in [2.24, 2.45) is 10.1 Å². The number of aliphatic hydroxyl groups excluding tert-OH is 1. The zero-order valence-corrected chi connectivity index (χ0v) is 21.5. The molecule has 0 aliphatic carbocycles. The normalized spacial score (nSPS) is 18.2. The van der Waals surface area contributed by atoms with E-state index in [1.54, 1.807) is 55.6 Å². The van der Waals surface area contributed by atoms with Crippen molar-refractivity contribution in [3.05, 3.63) is 112 Å². The van der Waals surface area contributed by atoms with Crippen LogP contribution >= 0.6 is 0 Å². The smallest absolute Gasteiger partial charge is 0.266 e. The molecule has 1 amide bonds. The van der Waals surface area contributed by atoms with Crippen LogP contribution in [0.5, 0.6) is 5.75 Å². The Kier molecular flexibility index (Phi) is 9.31. The summed E-state index contributed by atoms with van der Waals surface area (Å²) in [6, 6.07) is 23.9. The predicted octanol–water partition coefficient (Wildman–Crippen LogP) is 5.00. The zero-order chi connectivity index (χ0) is 27.5. The maximum Gasteiger partial charge on any atom is 0.266 e. The van der Waals surface area contributed by atoms with Gasteiger partial charge in [-0.15, -0.1) is 0 Å². The first-order valence-corrected chi connectivity index (χ1v) is 12.5. The third kappa shape index (κ3) is 6.45. The molecule has 0 saturated heterocycles. The number of hydrazine groups is 1. The highest BCUT2D eigenvalue weighted by atomic mass is 16.5. The first kappa shape index (κ1) is 27.4. The fourth-order valence-corrected chi connectivity index (χ4v) is 4.30. The third-order valence-corrected chi connectivity index (χ3v) is 6.18. The van der Waals surface area contributed by atoms with Crippen LogP contribution in [0.4, 0.5) is 5.69 Å². The lowest BCUT2D eigenvalue weighted by molar-refractivity contribution is -0.129. The fraction of sp³-hybridized carbons (Fsp3) is 0.241. The SMILES string of the molecule is CNNC(=O)[C@@]1(C/C=C/c2ccccc2)N=C(c2ccc(OCCCO)cc2)O[C@H]1c1ccccc1N=[N+]=[N-]. The van der Waals surface area contributed by atoms with Crippen molar-refractivity contribution in [3.63, 3.8) is 0 Å². The molecule has 3 aromatic rings. The summed E-state index contributed by atoms with van der Waals surface area (Å²) in [4.78, 5) is 21.5. The van der Waals surface area contributed by atoms with E-state index in [1.165, 1.54) is 0 Å². The van der Waals surface area contributed by atoms with Gasteiger partial charge in [-0.25, -0.2) is 10.4 Å². The second-order valence-corrected chi connectivity index (χ2v) is 8.76. The van der Waals surface area contributed by atoms with Crippen LogP contribution in [-0.4, -0.2) is 42.7 Å². The molecule has 0 spiro atoms. The largest absolute Gasteiger partial charge is 0.494 e. The molecule has 3 N–H and O–H groups in total. The number of benzene rings is 3. The lowest BCUT2D eigenvalue weighted by Crippen LogP contribution is -2.51. The second-order valence-electron chi connectivity index (χ2n) is 8.76. The first-order chi connectivity index (χ1) is 19.1. The van der Waals surface area contributed by atoms with Crippen LogP contribution in [0.25, 0.3) is 16.5 Å². The Balaban J connectivity index is 1.77. The van der Waals surface area contributed by atoms with Gasteiger partial charge in [0.1, 0.15) is 5.75 Å². The van der Waals surface area contributed by atoms with Crippen LogP contribution < -0.4 is 15.6 Å². The van der Waals surface area contributed by atoms with E-state index in [1.807, 2.05) is 42.5 Å². The molecule has 0 fully saturated rings. The van der Waals surface area contributed by atoms with Crippen molar-refractivity contribution >= 4 is 23.6 Å². The second kappa shape index (κ2) is 13.3. The predicted molar refractivity (Wildman–Crippen MR) is 149 cm³/mol. The number of aliphatic hydroxyl groups is 1. The number of ether oxygens (including phenoxy) is 2. The number of nitrogens with one attached hydrogen (secondary N) is 2. The molecule has 4 rings (SSSR count). The van der Waals surface area contributed by atoms with Gasteiger partial charge in [0.2, 0.25) is 5.90 Å². The summed E-state index contributed by atoms with van der Waals surface area (Å²) in [5, 5.41) is 12.8. The van der Waals surface area contributed by atoms with E-state index in [0.29, 0.717) is 35.6 Å². The maximum atomic E-state index is 13.7. The van der Waals surface area contributed by atoms with Gasteiger partial charge in [-0.2, -0.15) is 0 Å². The van der Waals surface area contributed by atoms with Gasteiger partial charge in [0.25, 0.3) is 5.91 Å². The van der Waals surface area contributed by atoms with Crippen LogP contribution in [0.1, 0.15) is 35.6 Å². The molecule has 0 radical (unpaired) electrons. The number of hydrogen-bond donors (Lipinski definition) is 3. The monoisotopic (exact) mass is 526 g/mol. The van der Waals surface area contributed by atoms with E-state index < -0.39 is 17.6 Å². The Morgan fingerprint density at radius 1 is 1.15 bits per heavy atom. The summed E-state index contributed by atoms with van der Waals surface area (Å²) in [6.45, 7) is 0.448. The van der Waals surface area contributed by atoms with Crippen LogP contribution in [0.15, 0.2) is 95.0 Å². The number of amides is 1. The summed E-state index contributed by atoms with van der Waals surface area (Å²) >= 11 is 0. The molecule has 3 aromatic carbocycles. The Hall–Kier alpha value is -4.63. The number of azide groups is 1. The van der Waals surface area contributed by atoms with Crippen molar-refractivity contribution in [2.75, 3.05) is 20.3 Å². The Labute approximate surface area is 226 Å². The first-order valence-electron chi connectivity index (χ1n) is 12.5. The standard InChI is InChI=1S/C29H30N6O4/c1-31-34-28(37)29(18-7-11-21-9-3-2-4-10-21)26(24-12-5-6-13-25(24)33-35-30)39-27(32-29)22-14-16-23(17-15-22)38-20-8-19-36/h2-7,9-17,26,31,36H,8,18-20H2,1H3,(H,34,37)/b11-7+/t26-,29-/m0/s1. The minimum absolute atomic E-state index is 0.0525. The highest BCUT2D eigenvalue weighted by Gasteiger charge is 2.53. The maximum absolute atomic E-state index is 13.7. The fourth-order valence-electron chi connectivity index (χ4n) is 4.30. The molecule has 39 heavy (non-hydrogen) atoms. The Bertz CT molecular complexity index is 1370. The van der Waals surface area contributed by atoms with E-state index in [2.05, 4.69) is 20.9 Å². The highest BCUT2D eigenvalue weighted by Crippen LogP contribution is 2.45. The number of hydrogen-bond acceptors (Lipinski definition) is 7. The molecule has 0 unspecified atom stereocenters. The molecule has 0 saturated carbocycles. The number of carbonyl (C=O) groups is 1. The van der Waals surface area contributed by atoms with E-state index in [9.17, 15) is 10.3 Å². The minimum atomic E-state index is -1.42. The van der Waals surface area contributed by atoms with Gasteiger partial charge in [0, 0.05) is 48.2 Å². The molecule has 2 atom stereocenters. The Morgan fingerprint density at radius 3 is 2.62 bits per heavy atom. The van der Waals surface area contributed by atoms with Crippen LogP contribution in [0, 0.1) is 0 Å². The van der Waals surface area contributed by atoms with Gasteiger partial charge in [0.15, 0.2) is 11.6 Å². The average molecular weight is 527 g/mol. The number of carbonyl (C=O) groups excluding carboxylic acids is 1. The highest BCUT2D eigenvalue weighted by molar-refractivity contribution is 6.01. The molecule has 1 aliphatic rings. The van der Waals surface area contributed by atoms with Crippen molar-refractivity contribution < 1.29 is 19.4 Å². The van der Waals surface area contributed by atoms with Crippen LogP contribution in [0.2, 0.25) is 0 Å². The minimum Gasteiger partial charge on any atom is -0.494 e. The quantitative estimate of drug-likeness (QED) is 0.100. The van der Waals surface area contributed by atoms with E-state index in [0.717, 1.165) is 5.56 Å². The number of rotatable bonds is 12. The molecule has 1 heterocycles. The summed E-state index contributed by atoms with van der Waals surface area (Å²) in [6.07, 6.45) is 3.67. The van der Waals surface area contributed by atoms with Crippen molar-refractivity contribution in [2.45, 2.75) is 24.5 Å². The topological polar surface area (TPSA) is 141 Å². The molecular weight excluding hydrogens is 496 g/mol. The zero-order valence-electron chi connectivity index (χ0n) is 21.5. The van der Waals surface area contributed by atoms with Gasteiger partial charge in [-0.1, -0.05) is 71.9 Å². The Morgan fingerprint density at radius 2 is 1.90 bits per heavy atom. The van der Waals surface area contributed by atoms with Crippen LogP contribution in [0.3, 0.4) is 0 Å². The summed E-state index contributed by atoms with van der Waals surface area (Å²) in [5.74, 6) is 0.514. The molecule has 0 aromatic heterocycles. The molecule has 0 bridgehead atoms. The van der Waals surface area contributed by atoms with E-state index in [4.69, 9.17) is 19.6 Å². The van der Waals surface area contributed by atoms with Crippen molar-refractivity contribution in [3.8, 4) is 5.75 Å². The molecule has 1 aliphatic heterocycles. The lowest BCUT2D eigenvalue weighted by Gasteiger charge is -2.30. The summed E-state index contributed by atoms with van der Waals surface area (Å²) < 4.78 is 12.1. The number of aliphatic imine (C=N–C) groups is 1. The van der Waals surface area contributed by atoms with Crippen molar-refractivity contribution in [1.29, 1.82) is 0 Å². The molecular formula is C29H30N6O4.